The minimum Gasteiger partial charge on any atom is -0.338 e. The number of amides is 1. The van der Waals surface area contributed by atoms with Crippen LogP contribution in [0.15, 0.2) is 18.2 Å². The van der Waals surface area contributed by atoms with E-state index in [0.717, 1.165) is 45.4 Å². The molecule has 2 fully saturated rings. The third-order valence-electron chi connectivity index (χ3n) is 4.93. The molecular formula is C16H20ClFN2O. The maximum atomic E-state index is 13.1. The van der Waals surface area contributed by atoms with Gasteiger partial charge in [0.25, 0.3) is 5.91 Å². The molecule has 2 aliphatic rings. The van der Waals surface area contributed by atoms with E-state index in [2.05, 4.69) is 11.9 Å². The molecule has 1 amide bonds. The van der Waals surface area contributed by atoms with Gasteiger partial charge in [-0.05, 0) is 63.0 Å². The average molecular weight is 311 g/mol. The van der Waals surface area contributed by atoms with Crippen LogP contribution in [0.25, 0.3) is 0 Å². The summed E-state index contributed by atoms with van der Waals surface area (Å²) >= 11 is 6.01. The first-order valence-electron chi connectivity index (χ1n) is 7.42. The second-order valence-corrected chi connectivity index (χ2v) is 6.81. The number of carbonyl (C=O) groups is 1. The van der Waals surface area contributed by atoms with Gasteiger partial charge in [-0.1, -0.05) is 11.6 Å². The first-order chi connectivity index (χ1) is 9.99. The number of nitrogens with zero attached hydrogens (tertiary/aromatic N) is 2. The Balaban J connectivity index is 1.72. The molecule has 2 saturated heterocycles. The van der Waals surface area contributed by atoms with E-state index in [-0.39, 0.29) is 16.3 Å². The minimum absolute atomic E-state index is 0.0733. The van der Waals surface area contributed by atoms with Crippen molar-refractivity contribution >= 4 is 17.5 Å². The molecule has 0 unspecified atom stereocenters. The second kappa shape index (κ2) is 5.58. The third kappa shape index (κ3) is 2.92. The van der Waals surface area contributed by atoms with Crippen molar-refractivity contribution in [1.29, 1.82) is 0 Å². The number of benzene rings is 1. The summed E-state index contributed by atoms with van der Waals surface area (Å²) in [6.45, 7) is 3.77. The van der Waals surface area contributed by atoms with Crippen LogP contribution in [-0.4, -0.2) is 48.9 Å². The van der Waals surface area contributed by atoms with Gasteiger partial charge in [-0.2, -0.15) is 0 Å². The molecule has 3 nitrogen and oxygen atoms in total. The Morgan fingerprint density at radius 3 is 2.57 bits per heavy atom. The van der Waals surface area contributed by atoms with Crippen LogP contribution in [0, 0.1) is 11.2 Å². The number of rotatable bonds is 1. The number of hydrogen-bond acceptors (Lipinski definition) is 2. The van der Waals surface area contributed by atoms with Gasteiger partial charge in [-0.15, -0.1) is 0 Å². The standard InChI is InChI=1S/C16H20ClFN2O/c1-19-7-4-16(5-8-19)6-9-20(11-16)15(21)13-3-2-12(18)10-14(13)17/h2-3,10H,4-9,11H2,1H3. The molecule has 0 saturated carbocycles. The SMILES string of the molecule is CN1CCC2(CC1)CCN(C(=O)c1ccc(F)cc1Cl)C2. The van der Waals surface area contributed by atoms with Gasteiger partial charge in [-0.3, -0.25) is 4.79 Å². The van der Waals surface area contributed by atoms with E-state index >= 15 is 0 Å². The molecular weight excluding hydrogens is 291 g/mol. The number of hydrogen-bond donors (Lipinski definition) is 0. The Kier molecular flexibility index (Phi) is 3.93. The van der Waals surface area contributed by atoms with Gasteiger partial charge in [0.2, 0.25) is 0 Å². The largest absolute Gasteiger partial charge is 0.338 e. The average Bonchev–Trinajstić information content (AvgIpc) is 2.86. The second-order valence-electron chi connectivity index (χ2n) is 6.40. The van der Waals surface area contributed by atoms with Crippen LogP contribution in [-0.2, 0) is 0 Å². The monoisotopic (exact) mass is 310 g/mol. The van der Waals surface area contributed by atoms with Crippen molar-refractivity contribution in [2.75, 3.05) is 33.2 Å². The fraction of sp³-hybridized carbons (Fsp3) is 0.562. The highest BCUT2D eigenvalue weighted by atomic mass is 35.5. The van der Waals surface area contributed by atoms with Crippen molar-refractivity contribution in [2.24, 2.45) is 5.41 Å². The van der Waals surface area contributed by atoms with Crippen molar-refractivity contribution in [3.05, 3.63) is 34.6 Å². The van der Waals surface area contributed by atoms with Crippen molar-refractivity contribution in [3.63, 3.8) is 0 Å². The topological polar surface area (TPSA) is 23.6 Å². The van der Waals surface area contributed by atoms with Gasteiger partial charge >= 0.3 is 0 Å². The molecule has 0 atom stereocenters. The predicted molar refractivity (Wildman–Crippen MR) is 81.1 cm³/mol. The van der Waals surface area contributed by atoms with E-state index in [0.29, 0.717) is 5.56 Å². The summed E-state index contributed by atoms with van der Waals surface area (Å²) in [5.41, 5.74) is 0.678. The van der Waals surface area contributed by atoms with Crippen LogP contribution in [0.4, 0.5) is 4.39 Å². The molecule has 5 heteroatoms. The van der Waals surface area contributed by atoms with E-state index in [9.17, 15) is 9.18 Å². The number of carbonyl (C=O) groups excluding carboxylic acids is 1. The zero-order chi connectivity index (χ0) is 15.0. The number of halogens is 2. The Morgan fingerprint density at radius 2 is 1.90 bits per heavy atom. The predicted octanol–water partition coefficient (Wildman–Crippen LogP) is 3.04. The molecule has 21 heavy (non-hydrogen) atoms. The molecule has 1 aromatic carbocycles. The van der Waals surface area contributed by atoms with Crippen LogP contribution < -0.4 is 0 Å². The van der Waals surface area contributed by atoms with E-state index in [1.165, 1.54) is 18.2 Å². The fourth-order valence-corrected chi connectivity index (χ4v) is 3.69. The van der Waals surface area contributed by atoms with E-state index in [1.807, 2.05) is 4.90 Å². The Bertz CT molecular complexity index is 555. The Morgan fingerprint density at radius 1 is 1.24 bits per heavy atom. The van der Waals surface area contributed by atoms with E-state index in [4.69, 9.17) is 11.6 Å². The summed E-state index contributed by atoms with van der Waals surface area (Å²) in [4.78, 5) is 16.8. The molecule has 0 aromatic heterocycles. The highest BCUT2D eigenvalue weighted by Crippen LogP contribution is 2.40. The quantitative estimate of drug-likeness (QED) is 0.796. The molecule has 2 aliphatic heterocycles. The van der Waals surface area contributed by atoms with Gasteiger partial charge in [0.05, 0.1) is 10.6 Å². The lowest BCUT2D eigenvalue weighted by atomic mass is 9.78. The van der Waals surface area contributed by atoms with Gasteiger partial charge in [0, 0.05) is 13.1 Å². The first kappa shape index (κ1) is 14.8. The molecule has 1 aromatic rings. The van der Waals surface area contributed by atoms with Crippen LogP contribution >= 0.6 is 11.6 Å². The van der Waals surface area contributed by atoms with Gasteiger partial charge < -0.3 is 9.80 Å². The van der Waals surface area contributed by atoms with Gasteiger partial charge in [0.1, 0.15) is 5.82 Å². The molecule has 0 radical (unpaired) electrons. The van der Waals surface area contributed by atoms with Crippen molar-refractivity contribution in [3.8, 4) is 0 Å². The maximum absolute atomic E-state index is 13.1. The lowest BCUT2D eigenvalue weighted by molar-refractivity contribution is 0.0737. The van der Waals surface area contributed by atoms with Crippen molar-refractivity contribution < 1.29 is 9.18 Å². The molecule has 114 valence electrons. The van der Waals surface area contributed by atoms with Crippen molar-refractivity contribution in [2.45, 2.75) is 19.3 Å². The third-order valence-corrected chi connectivity index (χ3v) is 5.25. The number of piperidine rings is 1. The summed E-state index contributed by atoms with van der Waals surface area (Å²) in [5, 5.41) is 0.198. The van der Waals surface area contributed by atoms with E-state index < -0.39 is 5.82 Å². The summed E-state index contributed by atoms with van der Waals surface area (Å²) in [7, 11) is 2.14. The molecule has 0 N–H and O–H groups in total. The highest BCUT2D eigenvalue weighted by Gasteiger charge is 2.41. The fourth-order valence-electron chi connectivity index (χ4n) is 3.44. The van der Waals surface area contributed by atoms with Crippen LogP contribution in [0.5, 0.6) is 0 Å². The van der Waals surface area contributed by atoms with E-state index in [1.54, 1.807) is 0 Å². The van der Waals surface area contributed by atoms with Crippen LogP contribution in [0.3, 0.4) is 0 Å². The molecule has 1 spiro atoms. The van der Waals surface area contributed by atoms with Gasteiger partial charge in [0.15, 0.2) is 0 Å². The van der Waals surface area contributed by atoms with Gasteiger partial charge in [-0.25, -0.2) is 4.39 Å². The smallest absolute Gasteiger partial charge is 0.255 e. The summed E-state index contributed by atoms with van der Waals surface area (Å²) in [5.74, 6) is -0.486. The van der Waals surface area contributed by atoms with Crippen LogP contribution in [0.2, 0.25) is 5.02 Å². The summed E-state index contributed by atoms with van der Waals surface area (Å²) < 4.78 is 13.1. The lowest BCUT2D eigenvalue weighted by Crippen LogP contribution is -2.40. The Hall–Kier alpha value is -1.13. The summed E-state index contributed by atoms with van der Waals surface area (Å²) in [6, 6.07) is 3.98. The Labute approximate surface area is 129 Å². The van der Waals surface area contributed by atoms with Crippen LogP contribution in [0.1, 0.15) is 29.6 Å². The minimum atomic E-state index is -0.412. The maximum Gasteiger partial charge on any atom is 0.255 e. The highest BCUT2D eigenvalue weighted by molar-refractivity contribution is 6.33. The molecule has 3 rings (SSSR count). The molecule has 2 heterocycles. The lowest BCUT2D eigenvalue weighted by Gasteiger charge is -2.37. The first-order valence-corrected chi connectivity index (χ1v) is 7.80. The number of likely N-dealkylation sites (tertiary alicyclic amines) is 2. The zero-order valence-electron chi connectivity index (χ0n) is 12.2. The summed E-state index contributed by atoms with van der Waals surface area (Å²) in [6.07, 6.45) is 3.35. The zero-order valence-corrected chi connectivity index (χ0v) is 13.0. The molecule has 0 aliphatic carbocycles. The van der Waals surface area contributed by atoms with Crippen molar-refractivity contribution in [1.82, 2.24) is 9.80 Å². The molecule has 0 bridgehead atoms. The normalized spacial score (nSPS) is 22.0.